The Morgan fingerprint density at radius 2 is 2.00 bits per heavy atom. The first-order chi connectivity index (χ1) is 8.74. The fraction of sp³-hybridized carbons (Fsp3) is 0.455. The van der Waals surface area contributed by atoms with Crippen LogP contribution in [0.15, 0.2) is 11.2 Å². The van der Waals surface area contributed by atoms with Gasteiger partial charge in [0.1, 0.15) is 24.7 Å². The van der Waals surface area contributed by atoms with Crippen LogP contribution in [0.5, 0.6) is 0 Å². The number of anilines is 2. The molecule has 0 aromatic carbocycles. The van der Waals surface area contributed by atoms with Gasteiger partial charge in [-0.25, -0.2) is 9.97 Å². The minimum atomic E-state index is 0.129. The first kappa shape index (κ1) is 14.1. The number of hydrogen-bond donors (Lipinski definition) is 1. The second-order valence-electron chi connectivity index (χ2n) is 3.30. The van der Waals surface area contributed by atoms with E-state index in [1.165, 1.54) is 11.8 Å². The number of rotatable bonds is 6. The Kier molecular flexibility index (Phi) is 5.75. The molecule has 0 fully saturated rings. The predicted molar refractivity (Wildman–Crippen MR) is 71.4 cm³/mol. The summed E-state index contributed by atoms with van der Waals surface area (Å²) in [6.45, 7) is 2.98. The van der Waals surface area contributed by atoms with Crippen LogP contribution in [-0.4, -0.2) is 35.9 Å². The topological polar surface area (TPSA) is 88.6 Å². The quantitative estimate of drug-likeness (QED) is 0.472. The predicted octanol–water partition coefficient (Wildman–Crippen LogP) is 1.48. The number of nitrogens with one attached hydrogen (secondary N) is 1. The molecule has 0 unspecified atom stereocenters. The van der Waals surface area contributed by atoms with Crippen LogP contribution >= 0.6 is 11.8 Å². The summed E-state index contributed by atoms with van der Waals surface area (Å²) in [4.78, 5) is 10.2. The highest BCUT2D eigenvalue weighted by atomic mass is 32.2. The summed E-state index contributed by atoms with van der Waals surface area (Å²) in [5, 5.41) is 21.2. The van der Waals surface area contributed by atoms with Crippen molar-refractivity contribution in [3.8, 4) is 12.1 Å². The minimum absolute atomic E-state index is 0.129. The summed E-state index contributed by atoms with van der Waals surface area (Å²) < 4.78 is 0. The highest BCUT2D eigenvalue weighted by Gasteiger charge is 2.10. The molecule has 0 bridgehead atoms. The molecule has 1 heterocycles. The third kappa shape index (κ3) is 3.79. The average Bonchev–Trinajstić information content (AvgIpc) is 2.38. The van der Waals surface area contributed by atoms with Gasteiger partial charge in [-0.3, -0.25) is 0 Å². The van der Waals surface area contributed by atoms with E-state index in [-0.39, 0.29) is 13.1 Å². The molecule has 1 aromatic rings. The van der Waals surface area contributed by atoms with Crippen molar-refractivity contribution >= 4 is 23.4 Å². The van der Waals surface area contributed by atoms with Crippen LogP contribution in [0.2, 0.25) is 0 Å². The van der Waals surface area contributed by atoms with Crippen LogP contribution in [0.4, 0.5) is 11.6 Å². The van der Waals surface area contributed by atoms with Crippen LogP contribution in [-0.2, 0) is 0 Å². The maximum absolute atomic E-state index is 8.76. The van der Waals surface area contributed by atoms with E-state index >= 15 is 0 Å². The van der Waals surface area contributed by atoms with Crippen molar-refractivity contribution in [3.05, 3.63) is 6.07 Å². The van der Waals surface area contributed by atoms with Gasteiger partial charge in [-0.05, 0) is 13.2 Å². The van der Waals surface area contributed by atoms with Crippen LogP contribution in [0.1, 0.15) is 6.92 Å². The lowest BCUT2D eigenvalue weighted by molar-refractivity contribution is 0.878. The molecule has 0 aliphatic heterocycles. The van der Waals surface area contributed by atoms with Crippen molar-refractivity contribution < 1.29 is 0 Å². The zero-order chi connectivity index (χ0) is 13.4. The second kappa shape index (κ2) is 7.36. The fourth-order valence-corrected chi connectivity index (χ4v) is 1.70. The van der Waals surface area contributed by atoms with E-state index in [1.807, 2.05) is 25.3 Å². The number of aromatic nitrogens is 2. The molecular formula is C11H14N6S. The van der Waals surface area contributed by atoms with Gasteiger partial charge >= 0.3 is 0 Å². The highest BCUT2D eigenvalue weighted by Crippen LogP contribution is 2.20. The molecule has 1 N–H and O–H groups in total. The van der Waals surface area contributed by atoms with Gasteiger partial charge in [0.2, 0.25) is 0 Å². The Bertz CT molecular complexity index is 459. The lowest BCUT2D eigenvalue weighted by Gasteiger charge is -2.18. The molecule has 18 heavy (non-hydrogen) atoms. The molecule has 1 rings (SSSR count). The molecule has 0 saturated carbocycles. The second-order valence-corrected chi connectivity index (χ2v) is 4.07. The van der Waals surface area contributed by atoms with E-state index in [9.17, 15) is 0 Å². The molecule has 0 spiro atoms. The van der Waals surface area contributed by atoms with Crippen molar-refractivity contribution in [2.45, 2.75) is 12.1 Å². The number of hydrogen-bond acceptors (Lipinski definition) is 7. The number of thioether (sulfide) groups is 1. The molecule has 0 amide bonds. The molecule has 7 heteroatoms. The van der Waals surface area contributed by atoms with Gasteiger partial charge in [0.25, 0.3) is 0 Å². The summed E-state index contributed by atoms with van der Waals surface area (Å²) in [6.07, 6.45) is 1.88. The summed E-state index contributed by atoms with van der Waals surface area (Å²) in [6, 6.07) is 5.80. The van der Waals surface area contributed by atoms with E-state index < -0.39 is 0 Å². The maximum atomic E-state index is 8.76. The lowest BCUT2D eigenvalue weighted by atomic mass is 10.4. The molecular weight excluding hydrogens is 248 g/mol. The van der Waals surface area contributed by atoms with E-state index in [1.54, 1.807) is 11.0 Å². The molecule has 6 nitrogen and oxygen atoms in total. The molecule has 94 valence electrons. The van der Waals surface area contributed by atoms with Gasteiger partial charge in [-0.2, -0.15) is 10.5 Å². The van der Waals surface area contributed by atoms with E-state index in [0.29, 0.717) is 16.8 Å². The van der Waals surface area contributed by atoms with Crippen molar-refractivity contribution in [1.82, 2.24) is 9.97 Å². The van der Waals surface area contributed by atoms with Crippen LogP contribution in [0.25, 0.3) is 0 Å². The molecule has 0 saturated heterocycles. The van der Waals surface area contributed by atoms with Crippen molar-refractivity contribution in [1.29, 1.82) is 10.5 Å². The molecule has 0 radical (unpaired) electrons. The standard InChI is InChI=1S/C11H14N6S/c1-3-14-9-8-10(16-11(15-9)18-2)17(6-4-12)7-5-13/h8H,3,6-7H2,1-2H3,(H,14,15,16). The van der Waals surface area contributed by atoms with E-state index in [2.05, 4.69) is 15.3 Å². The molecule has 1 aromatic heterocycles. The Hall–Kier alpha value is -1.99. The molecule has 0 aliphatic carbocycles. The Labute approximate surface area is 111 Å². The number of nitrogens with zero attached hydrogens (tertiary/aromatic N) is 5. The fourth-order valence-electron chi connectivity index (χ4n) is 1.33. The molecule has 0 aliphatic rings. The smallest absolute Gasteiger partial charge is 0.191 e. The first-order valence-corrected chi connectivity index (χ1v) is 6.63. The Balaban J connectivity index is 3.08. The third-order valence-corrected chi connectivity index (χ3v) is 2.63. The van der Waals surface area contributed by atoms with E-state index in [0.717, 1.165) is 6.54 Å². The average molecular weight is 262 g/mol. The first-order valence-electron chi connectivity index (χ1n) is 5.41. The maximum Gasteiger partial charge on any atom is 0.191 e. The van der Waals surface area contributed by atoms with E-state index in [4.69, 9.17) is 10.5 Å². The van der Waals surface area contributed by atoms with Crippen molar-refractivity contribution in [3.63, 3.8) is 0 Å². The van der Waals surface area contributed by atoms with Gasteiger partial charge in [-0.1, -0.05) is 11.8 Å². The molecule has 0 atom stereocenters. The lowest BCUT2D eigenvalue weighted by Crippen LogP contribution is -2.25. The third-order valence-electron chi connectivity index (χ3n) is 2.08. The van der Waals surface area contributed by atoms with Gasteiger partial charge in [-0.15, -0.1) is 0 Å². The normalized spacial score (nSPS) is 9.33. The van der Waals surface area contributed by atoms with Crippen LogP contribution in [0.3, 0.4) is 0 Å². The Morgan fingerprint density at radius 1 is 1.33 bits per heavy atom. The largest absolute Gasteiger partial charge is 0.370 e. The minimum Gasteiger partial charge on any atom is -0.370 e. The van der Waals surface area contributed by atoms with Gasteiger partial charge in [0.05, 0.1) is 12.1 Å². The zero-order valence-electron chi connectivity index (χ0n) is 10.3. The monoisotopic (exact) mass is 262 g/mol. The number of nitriles is 2. The summed E-state index contributed by atoms with van der Waals surface area (Å²) in [7, 11) is 0. The zero-order valence-corrected chi connectivity index (χ0v) is 11.2. The van der Waals surface area contributed by atoms with Crippen LogP contribution in [0, 0.1) is 22.7 Å². The van der Waals surface area contributed by atoms with Gasteiger partial charge in [0.15, 0.2) is 5.16 Å². The van der Waals surface area contributed by atoms with Gasteiger partial charge < -0.3 is 10.2 Å². The van der Waals surface area contributed by atoms with Gasteiger partial charge in [0, 0.05) is 12.6 Å². The Morgan fingerprint density at radius 3 is 2.50 bits per heavy atom. The SMILES string of the molecule is CCNc1cc(N(CC#N)CC#N)nc(SC)n1. The summed E-state index contributed by atoms with van der Waals surface area (Å²) >= 11 is 1.42. The van der Waals surface area contributed by atoms with Crippen molar-refractivity contribution in [2.75, 3.05) is 36.1 Å². The summed E-state index contributed by atoms with van der Waals surface area (Å²) in [5.74, 6) is 1.29. The van der Waals surface area contributed by atoms with Crippen LogP contribution < -0.4 is 10.2 Å². The summed E-state index contributed by atoms with van der Waals surface area (Å²) in [5.41, 5.74) is 0. The van der Waals surface area contributed by atoms with Crippen molar-refractivity contribution in [2.24, 2.45) is 0 Å². The highest BCUT2D eigenvalue weighted by molar-refractivity contribution is 7.98.